The van der Waals surface area contributed by atoms with Crippen molar-refractivity contribution in [3.05, 3.63) is 54.4 Å². The molecule has 1 heterocycles. The summed E-state index contributed by atoms with van der Waals surface area (Å²) < 4.78 is 1.97. The number of aromatic nitrogens is 1. The molecule has 0 spiro atoms. The van der Waals surface area contributed by atoms with Gasteiger partial charge in [0, 0.05) is 42.6 Å². The van der Waals surface area contributed by atoms with Crippen molar-refractivity contribution in [3.63, 3.8) is 0 Å². The highest BCUT2D eigenvalue weighted by Gasteiger charge is 2.25. The van der Waals surface area contributed by atoms with E-state index < -0.39 is 5.41 Å². The molecule has 0 saturated heterocycles. The maximum Gasteiger partial charge on any atom is 0.251 e. The first kappa shape index (κ1) is 18.1. The molecule has 0 radical (unpaired) electrons. The van der Waals surface area contributed by atoms with E-state index in [9.17, 15) is 9.59 Å². The molecule has 2 aromatic rings. The van der Waals surface area contributed by atoms with Gasteiger partial charge in [-0.1, -0.05) is 0 Å². The smallest absolute Gasteiger partial charge is 0.251 e. The highest BCUT2D eigenvalue weighted by molar-refractivity contribution is 6.19. The summed E-state index contributed by atoms with van der Waals surface area (Å²) in [5.41, 5.74) is 0.963. The summed E-state index contributed by atoms with van der Waals surface area (Å²) in [6.07, 6.45) is 3.89. The number of benzene rings is 1. The molecule has 2 amide bonds. The zero-order chi connectivity index (χ0) is 17.6. The lowest BCUT2D eigenvalue weighted by atomic mass is 9.95. The standard InChI is InChI=1S/C18H22ClN3O2/c1-18(2,13-19)17(24)21-10-9-20-16(23)14-5-7-15(8-6-14)22-11-3-4-12-22/h3-8,11-12H,9-10,13H2,1-2H3,(H,20,23)(H,21,24). The third-order valence-electron chi connectivity index (χ3n) is 3.68. The molecular formula is C18H22ClN3O2. The van der Waals surface area contributed by atoms with E-state index in [0.717, 1.165) is 5.69 Å². The summed E-state index contributed by atoms with van der Waals surface area (Å²) in [7, 11) is 0. The number of rotatable bonds is 7. The number of carbonyl (C=O) groups excluding carboxylic acids is 2. The van der Waals surface area contributed by atoms with E-state index in [0.29, 0.717) is 18.7 Å². The van der Waals surface area contributed by atoms with Gasteiger partial charge in [-0.2, -0.15) is 0 Å². The van der Waals surface area contributed by atoms with Crippen LogP contribution in [0.5, 0.6) is 0 Å². The van der Waals surface area contributed by atoms with Gasteiger partial charge in [0.25, 0.3) is 5.91 Å². The van der Waals surface area contributed by atoms with Crippen LogP contribution in [-0.4, -0.2) is 35.4 Å². The van der Waals surface area contributed by atoms with Crippen molar-refractivity contribution >= 4 is 23.4 Å². The lowest BCUT2D eigenvalue weighted by Gasteiger charge is -2.20. The van der Waals surface area contributed by atoms with Crippen LogP contribution in [0.3, 0.4) is 0 Å². The van der Waals surface area contributed by atoms with Gasteiger partial charge in [-0.15, -0.1) is 11.6 Å². The molecular weight excluding hydrogens is 326 g/mol. The highest BCUT2D eigenvalue weighted by Crippen LogP contribution is 2.16. The monoisotopic (exact) mass is 347 g/mol. The van der Waals surface area contributed by atoms with Gasteiger partial charge in [-0.3, -0.25) is 9.59 Å². The topological polar surface area (TPSA) is 63.1 Å². The maximum absolute atomic E-state index is 12.1. The van der Waals surface area contributed by atoms with Crippen LogP contribution in [0.25, 0.3) is 5.69 Å². The number of alkyl halides is 1. The van der Waals surface area contributed by atoms with E-state index in [4.69, 9.17) is 11.6 Å². The molecule has 1 aromatic carbocycles. The van der Waals surface area contributed by atoms with Crippen molar-refractivity contribution < 1.29 is 9.59 Å². The van der Waals surface area contributed by atoms with Crippen LogP contribution in [0.1, 0.15) is 24.2 Å². The Morgan fingerprint density at radius 3 is 2.21 bits per heavy atom. The normalized spacial score (nSPS) is 11.1. The van der Waals surface area contributed by atoms with E-state index in [1.165, 1.54) is 0 Å². The molecule has 0 aliphatic heterocycles. The van der Waals surface area contributed by atoms with Gasteiger partial charge in [-0.05, 0) is 50.2 Å². The SMILES string of the molecule is CC(C)(CCl)C(=O)NCCNC(=O)c1ccc(-n2cccc2)cc1. The third kappa shape index (κ3) is 4.61. The predicted octanol–water partition coefficient (Wildman–Crippen LogP) is 2.59. The van der Waals surface area contributed by atoms with Crippen molar-refractivity contribution in [2.45, 2.75) is 13.8 Å². The Morgan fingerprint density at radius 1 is 1.04 bits per heavy atom. The van der Waals surface area contributed by atoms with Crippen LogP contribution in [0, 0.1) is 5.41 Å². The van der Waals surface area contributed by atoms with Gasteiger partial charge in [0.15, 0.2) is 0 Å². The zero-order valence-corrected chi connectivity index (χ0v) is 14.6. The van der Waals surface area contributed by atoms with Crippen molar-refractivity contribution in [1.82, 2.24) is 15.2 Å². The summed E-state index contributed by atoms with van der Waals surface area (Å²) in [4.78, 5) is 23.9. The van der Waals surface area contributed by atoms with Gasteiger partial charge in [0.05, 0.1) is 5.41 Å². The van der Waals surface area contributed by atoms with Crippen LogP contribution in [0.4, 0.5) is 0 Å². The van der Waals surface area contributed by atoms with E-state index in [-0.39, 0.29) is 17.7 Å². The maximum atomic E-state index is 12.1. The molecule has 0 aliphatic rings. The van der Waals surface area contributed by atoms with E-state index in [1.54, 1.807) is 26.0 Å². The number of halogens is 1. The lowest BCUT2D eigenvalue weighted by molar-refractivity contribution is -0.128. The summed E-state index contributed by atoms with van der Waals surface area (Å²) in [6.45, 7) is 4.29. The predicted molar refractivity (Wildman–Crippen MR) is 95.6 cm³/mol. The minimum absolute atomic E-state index is 0.122. The molecule has 5 nitrogen and oxygen atoms in total. The summed E-state index contributed by atoms with van der Waals surface area (Å²) in [5, 5.41) is 5.55. The average Bonchev–Trinajstić information content (AvgIpc) is 3.13. The molecule has 2 rings (SSSR count). The fourth-order valence-corrected chi connectivity index (χ4v) is 2.17. The van der Waals surface area contributed by atoms with Gasteiger partial charge in [0.2, 0.25) is 5.91 Å². The molecule has 24 heavy (non-hydrogen) atoms. The fourth-order valence-electron chi connectivity index (χ4n) is 2.05. The number of hydrogen-bond acceptors (Lipinski definition) is 2. The van der Waals surface area contributed by atoms with Crippen LogP contribution in [-0.2, 0) is 4.79 Å². The second-order valence-corrected chi connectivity index (χ2v) is 6.43. The van der Waals surface area contributed by atoms with Crippen LogP contribution < -0.4 is 10.6 Å². The molecule has 0 saturated carbocycles. The summed E-state index contributed by atoms with van der Waals surface area (Å²) in [6, 6.07) is 11.2. The van der Waals surface area contributed by atoms with E-state index >= 15 is 0 Å². The van der Waals surface area contributed by atoms with Gasteiger partial charge < -0.3 is 15.2 Å². The van der Waals surface area contributed by atoms with Crippen molar-refractivity contribution in [2.75, 3.05) is 19.0 Å². The zero-order valence-electron chi connectivity index (χ0n) is 13.9. The first-order valence-corrected chi connectivity index (χ1v) is 8.33. The number of amides is 2. The van der Waals surface area contributed by atoms with Gasteiger partial charge in [0.1, 0.15) is 0 Å². The van der Waals surface area contributed by atoms with Gasteiger partial charge in [-0.25, -0.2) is 0 Å². The van der Waals surface area contributed by atoms with Gasteiger partial charge >= 0.3 is 0 Å². The molecule has 0 aliphatic carbocycles. The summed E-state index contributed by atoms with van der Waals surface area (Å²) >= 11 is 5.75. The molecule has 128 valence electrons. The summed E-state index contributed by atoms with van der Waals surface area (Å²) in [5.74, 6) is -0.0402. The van der Waals surface area contributed by atoms with Crippen LogP contribution in [0.2, 0.25) is 0 Å². The Morgan fingerprint density at radius 2 is 1.62 bits per heavy atom. The lowest BCUT2D eigenvalue weighted by Crippen LogP contribution is -2.41. The minimum Gasteiger partial charge on any atom is -0.354 e. The molecule has 2 N–H and O–H groups in total. The molecule has 6 heteroatoms. The van der Waals surface area contributed by atoms with Crippen molar-refractivity contribution in [2.24, 2.45) is 5.41 Å². The van der Waals surface area contributed by atoms with Crippen LogP contribution in [0.15, 0.2) is 48.8 Å². The second kappa shape index (κ2) is 8.02. The Balaban J connectivity index is 1.80. The third-order valence-corrected chi connectivity index (χ3v) is 4.35. The Bertz CT molecular complexity index is 679. The van der Waals surface area contributed by atoms with Crippen LogP contribution >= 0.6 is 11.6 Å². The molecule has 0 atom stereocenters. The largest absolute Gasteiger partial charge is 0.354 e. The number of nitrogens with one attached hydrogen (secondary N) is 2. The Hall–Kier alpha value is -2.27. The average molecular weight is 348 g/mol. The quantitative estimate of drug-likeness (QED) is 0.597. The van der Waals surface area contributed by atoms with Crippen molar-refractivity contribution in [1.29, 1.82) is 0 Å². The molecule has 0 unspecified atom stereocenters. The second-order valence-electron chi connectivity index (χ2n) is 6.17. The minimum atomic E-state index is -0.611. The molecule has 0 bridgehead atoms. The number of hydrogen-bond donors (Lipinski definition) is 2. The Labute approximate surface area is 147 Å². The molecule has 1 aromatic heterocycles. The first-order valence-electron chi connectivity index (χ1n) is 7.80. The van der Waals surface area contributed by atoms with E-state index in [2.05, 4.69) is 10.6 Å². The van der Waals surface area contributed by atoms with Crippen molar-refractivity contribution in [3.8, 4) is 5.69 Å². The molecule has 0 fully saturated rings. The Kier molecular flexibility index (Phi) is 6.04. The number of carbonyl (C=O) groups is 2. The highest BCUT2D eigenvalue weighted by atomic mass is 35.5. The first-order chi connectivity index (χ1) is 11.4. The van der Waals surface area contributed by atoms with E-state index in [1.807, 2.05) is 41.2 Å². The number of nitrogens with zero attached hydrogens (tertiary/aromatic N) is 1. The fraction of sp³-hybridized carbons (Fsp3) is 0.333.